The van der Waals surface area contributed by atoms with Gasteiger partial charge in [-0.15, -0.1) is 0 Å². The second-order valence-electron chi connectivity index (χ2n) is 4.32. The minimum absolute atomic E-state index is 0.0959. The molecule has 8 heteroatoms. The molecule has 0 aliphatic rings. The van der Waals surface area contributed by atoms with Gasteiger partial charge >= 0.3 is 0 Å². The van der Waals surface area contributed by atoms with Crippen molar-refractivity contribution in [2.45, 2.75) is 12.5 Å². The second kappa shape index (κ2) is 8.19. The van der Waals surface area contributed by atoms with Gasteiger partial charge in [0.1, 0.15) is 12.7 Å². The Morgan fingerprint density at radius 3 is 2.76 bits per heavy atom. The molecule has 2 N–H and O–H groups in total. The molecule has 0 saturated heterocycles. The van der Waals surface area contributed by atoms with E-state index in [1.54, 1.807) is 18.2 Å². The molecule has 1 aromatic heterocycles. The predicted molar refractivity (Wildman–Crippen MR) is 78.8 cm³/mol. The molecule has 0 aliphatic carbocycles. The van der Waals surface area contributed by atoms with E-state index in [2.05, 4.69) is 20.0 Å². The molecule has 0 fully saturated rings. The van der Waals surface area contributed by atoms with Gasteiger partial charge in [0.05, 0.1) is 10.0 Å². The lowest BCUT2D eigenvalue weighted by atomic mass is 10.3. The van der Waals surface area contributed by atoms with Crippen LogP contribution in [-0.4, -0.2) is 41.0 Å². The standard InChI is InChI=1S/C13H15Cl2N3O3/c14-10-2-1-3-11(15)13(10)20-7-9(19)6-16-5-4-12-17-8-21-18-12/h1-3,8-9,16,19H,4-7H2. The summed E-state index contributed by atoms with van der Waals surface area (Å²) in [4.78, 5) is 3.89. The molecule has 2 rings (SSSR count). The number of aromatic nitrogens is 2. The highest BCUT2D eigenvalue weighted by atomic mass is 35.5. The third-order valence-corrected chi connectivity index (χ3v) is 3.25. The maximum absolute atomic E-state index is 9.83. The number of aliphatic hydroxyl groups is 1. The summed E-state index contributed by atoms with van der Waals surface area (Å²) < 4.78 is 10.1. The Morgan fingerprint density at radius 2 is 2.10 bits per heavy atom. The smallest absolute Gasteiger partial charge is 0.213 e. The van der Waals surface area contributed by atoms with E-state index in [9.17, 15) is 5.11 Å². The number of nitrogens with one attached hydrogen (secondary N) is 1. The van der Waals surface area contributed by atoms with Crippen LogP contribution in [0.2, 0.25) is 10.0 Å². The molecule has 0 bridgehead atoms. The maximum Gasteiger partial charge on any atom is 0.213 e. The van der Waals surface area contributed by atoms with Gasteiger partial charge in [-0.05, 0) is 12.1 Å². The largest absolute Gasteiger partial charge is 0.488 e. The Hall–Kier alpha value is -1.34. The highest BCUT2D eigenvalue weighted by molar-refractivity contribution is 6.37. The van der Waals surface area contributed by atoms with Gasteiger partial charge in [0.15, 0.2) is 11.6 Å². The summed E-state index contributed by atoms with van der Waals surface area (Å²) in [6, 6.07) is 5.09. The fourth-order valence-electron chi connectivity index (χ4n) is 1.63. The summed E-state index contributed by atoms with van der Waals surface area (Å²) >= 11 is 11.9. The lowest BCUT2D eigenvalue weighted by Crippen LogP contribution is -2.32. The van der Waals surface area contributed by atoms with Crippen LogP contribution in [0.4, 0.5) is 0 Å². The molecule has 0 spiro atoms. The zero-order chi connectivity index (χ0) is 15.1. The molecule has 1 unspecified atom stereocenters. The SMILES string of the molecule is OC(CNCCc1ncon1)COc1c(Cl)cccc1Cl. The van der Waals surface area contributed by atoms with Crippen molar-refractivity contribution in [2.75, 3.05) is 19.7 Å². The van der Waals surface area contributed by atoms with Crippen molar-refractivity contribution in [1.82, 2.24) is 15.5 Å². The van der Waals surface area contributed by atoms with Crippen LogP contribution < -0.4 is 10.1 Å². The third kappa shape index (κ3) is 5.17. The number of hydrogen-bond donors (Lipinski definition) is 2. The van der Waals surface area contributed by atoms with E-state index in [4.69, 9.17) is 27.9 Å². The Balaban J connectivity index is 1.66. The fraction of sp³-hybridized carbons (Fsp3) is 0.385. The van der Waals surface area contributed by atoms with Gasteiger partial charge in [0, 0.05) is 19.5 Å². The van der Waals surface area contributed by atoms with Crippen LogP contribution >= 0.6 is 23.2 Å². The van der Waals surface area contributed by atoms with Crippen LogP contribution in [0, 0.1) is 0 Å². The van der Waals surface area contributed by atoms with E-state index >= 15 is 0 Å². The molecule has 6 nitrogen and oxygen atoms in total. The summed E-state index contributed by atoms with van der Waals surface area (Å²) in [6.45, 7) is 1.10. The number of ether oxygens (including phenoxy) is 1. The second-order valence-corrected chi connectivity index (χ2v) is 5.13. The van der Waals surface area contributed by atoms with Crippen molar-refractivity contribution < 1.29 is 14.4 Å². The molecule has 1 atom stereocenters. The Labute approximate surface area is 132 Å². The Kier molecular flexibility index (Phi) is 6.25. The van der Waals surface area contributed by atoms with Crippen LogP contribution in [0.15, 0.2) is 29.1 Å². The zero-order valence-electron chi connectivity index (χ0n) is 11.1. The summed E-state index contributed by atoms with van der Waals surface area (Å²) in [7, 11) is 0. The summed E-state index contributed by atoms with van der Waals surface area (Å²) in [6.07, 6.45) is 1.23. The van der Waals surface area contributed by atoms with Gasteiger partial charge in [0.2, 0.25) is 6.39 Å². The summed E-state index contributed by atoms with van der Waals surface area (Å²) in [5.74, 6) is 1.00. The first-order valence-electron chi connectivity index (χ1n) is 6.37. The van der Waals surface area contributed by atoms with Crippen LogP contribution in [0.1, 0.15) is 5.82 Å². The van der Waals surface area contributed by atoms with E-state index < -0.39 is 6.10 Å². The van der Waals surface area contributed by atoms with E-state index in [1.807, 2.05) is 0 Å². The quantitative estimate of drug-likeness (QED) is 0.719. The topological polar surface area (TPSA) is 80.4 Å². The zero-order valence-corrected chi connectivity index (χ0v) is 12.6. The molecule has 21 heavy (non-hydrogen) atoms. The molecule has 114 valence electrons. The van der Waals surface area contributed by atoms with E-state index in [1.165, 1.54) is 6.39 Å². The molecule has 2 aromatic rings. The van der Waals surface area contributed by atoms with Crippen LogP contribution in [0.3, 0.4) is 0 Å². The van der Waals surface area contributed by atoms with E-state index in [-0.39, 0.29) is 6.61 Å². The first-order valence-corrected chi connectivity index (χ1v) is 7.13. The monoisotopic (exact) mass is 331 g/mol. The van der Waals surface area contributed by atoms with Crippen molar-refractivity contribution in [3.8, 4) is 5.75 Å². The third-order valence-electron chi connectivity index (χ3n) is 2.65. The van der Waals surface area contributed by atoms with E-state index in [0.29, 0.717) is 41.1 Å². The molecule has 0 amide bonds. The first kappa shape index (κ1) is 16.0. The molecular formula is C13H15Cl2N3O3. The van der Waals surface area contributed by atoms with Gasteiger partial charge in [-0.25, -0.2) is 0 Å². The number of benzene rings is 1. The molecule has 0 saturated carbocycles. The van der Waals surface area contributed by atoms with Crippen LogP contribution in [0.5, 0.6) is 5.75 Å². The lowest BCUT2D eigenvalue weighted by molar-refractivity contribution is 0.107. The van der Waals surface area contributed by atoms with Crippen molar-refractivity contribution >= 4 is 23.2 Å². The van der Waals surface area contributed by atoms with Crippen LogP contribution in [-0.2, 0) is 6.42 Å². The van der Waals surface area contributed by atoms with Gasteiger partial charge < -0.3 is 19.7 Å². The summed E-state index contributed by atoms with van der Waals surface area (Å²) in [5, 5.41) is 17.4. The van der Waals surface area contributed by atoms with Gasteiger partial charge in [-0.3, -0.25) is 0 Å². The summed E-state index contributed by atoms with van der Waals surface area (Å²) in [5.41, 5.74) is 0. The average molecular weight is 332 g/mol. The minimum Gasteiger partial charge on any atom is -0.488 e. The number of hydrogen-bond acceptors (Lipinski definition) is 6. The number of rotatable bonds is 8. The van der Waals surface area contributed by atoms with Crippen molar-refractivity contribution in [2.24, 2.45) is 0 Å². The molecule has 0 radical (unpaired) electrons. The number of para-hydroxylation sites is 1. The fourth-order valence-corrected chi connectivity index (χ4v) is 2.14. The van der Waals surface area contributed by atoms with Crippen molar-refractivity contribution in [3.63, 3.8) is 0 Å². The van der Waals surface area contributed by atoms with Gasteiger partial charge in [-0.1, -0.05) is 34.4 Å². The van der Waals surface area contributed by atoms with Gasteiger partial charge in [0.25, 0.3) is 0 Å². The molecular weight excluding hydrogens is 317 g/mol. The minimum atomic E-state index is -0.678. The number of aliphatic hydroxyl groups excluding tert-OH is 1. The van der Waals surface area contributed by atoms with E-state index in [0.717, 1.165) is 0 Å². The lowest BCUT2D eigenvalue weighted by Gasteiger charge is -2.14. The van der Waals surface area contributed by atoms with Gasteiger partial charge in [-0.2, -0.15) is 4.98 Å². The average Bonchev–Trinajstić information content (AvgIpc) is 2.96. The molecule has 0 aliphatic heterocycles. The highest BCUT2D eigenvalue weighted by Gasteiger charge is 2.10. The van der Waals surface area contributed by atoms with Crippen LogP contribution in [0.25, 0.3) is 0 Å². The Morgan fingerprint density at radius 1 is 1.33 bits per heavy atom. The molecule has 1 aromatic carbocycles. The maximum atomic E-state index is 9.83. The normalized spacial score (nSPS) is 12.3. The van der Waals surface area contributed by atoms with Crippen molar-refractivity contribution in [1.29, 1.82) is 0 Å². The Bertz CT molecular complexity index is 531. The highest BCUT2D eigenvalue weighted by Crippen LogP contribution is 2.32. The number of nitrogens with zero attached hydrogens (tertiary/aromatic N) is 2. The van der Waals surface area contributed by atoms with Crippen molar-refractivity contribution in [3.05, 3.63) is 40.5 Å². The first-order chi connectivity index (χ1) is 10.2. The predicted octanol–water partition coefficient (Wildman–Crippen LogP) is 1.95. The number of halogens is 2. The molecule has 1 heterocycles.